The van der Waals surface area contributed by atoms with E-state index in [1.807, 2.05) is 6.92 Å². The standard InChI is InChI=1S/C12H15ClN4O3/c1-7-4-8(14)2-3-16(7)12(18)9-5-11(13)15-6-10(9)17(19)20/h5-8H,2-4,14H2,1H3. The molecule has 1 fully saturated rings. The summed E-state index contributed by atoms with van der Waals surface area (Å²) in [5.41, 5.74) is 5.49. The predicted molar refractivity (Wildman–Crippen MR) is 73.6 cm³/mol. The molecule has 0 saturated carbocycles. The molecule has 1 aliphatic heterocycles. The average molecular weight is 299 g/mol. The Morgan fingerprint density at radius 1 is 1.65 bits per heavy atom. The Kier molecular flexibility index (Phi) is 4.20. The van der Waals surface area contributed by atoms with Gasteiger partial charge in [0.1, 0.15) is 16.9 Å². The van der Waals surface area contributed by atoms with Gasteiger partial charge >= 0.3 is 0 Å². The molecule has 2 rings (SSSR count). The molecule has 2 atom stereocenters. The fourth-order valence-electron chi connectivity index (χ4n) is 2.40. The lowest BCUT2D eigenvalue weighted by molar-refractivity contribution is -0.385. The third-order valence-corrected chi connectivity index (χ3v) is 3.66. The number of hydrogen-bond acceptors (Lipinski definition) is 5. The second-order valence-corrected chi connectivity index (χ2v) is 5.30. The van der Waals surface area contributed by atoms with Gasteiger partial charge in [0.2, 0.25) is 0 Å². The van der Waals surface area contributed by atoms with Crippen molar-refractivity contribution in [2.24, 2.45) is 5.73 Å². The summed E-state index contributed by atoms with van der Waals surface area (Å²) in [6, 6.07) is 1.24. The van der Waals surface area contributed by atoms with E-state index in [1.54, 1.807) is 4.90 Å². The number of rotatable bonds is 2. The van der Waals surface area contributed by atoms with E-state index in [0.29, 0.717) is 19.4 Å². The molecule has 0 bridgehead atoms. The highest BCUT2D eigenvalue weighted by Gasteiger charge is 2.31. The number of amides is 1. The van der Waals surface area contributed by atoms with E-state index < -0.39 is 10.8 Å². The minimum atomic E-state index is -0.628. The Balaban J connectivity index is 2.33. The largest absolute Gasteiger partial charge is 0.336 e. The molecule has 0 radical (unpaired) electrons. The molecule has 20 heavy (non-hydrogen) atoms. The lowest BCUT2D eigenvalue weighted by Gasteiger charge is -2.36. The first-order valence-corrected chi connectivity index (χ1v) is 6.64. The van der Waals surface area contributed by atoms with Crippen LogP contribution >= 0.6 is 11.6 Å². The van der Waals surface area contributed by atoms with Crippen LogP contribution in [0.1, 0.15) is 30.1 Å². The molecular weight excluding hydrogens is 284 g/mol. The number of carbonyl (C=O) groups is 1. The number of nitrogens with zero attached hydrogens (tertiary/aromatic N) is 3. The molecule has 2 unspecified atom stereocenters. The summed E-state index contributed by atoms with van der Waals surface area (Å²) < 4.78 is 0. The summed E-state index contributed by atoms with van der Waals surface area (Å²) in [7, 11) is 0. The van der Waals surface area contributed by atoms with Crippen LogP contribution in [0, 0.1) is 10.1 Å². The summed E-state index contributed by atoms with van der Waals surface area (Å²) in [5.74, 6) is -0.402. The Bertz CT molecular complexity index is 552. The second kappa shape index (κ2) is 5.72. The Hall–Kier alpha value is -1.73. The second-order valence-electron chi connectivity index (χ2n) is 4.91. The minimum Gasteiger partial charge on any atom is -0.336 e. The van der Waals surface area contributed by atoms with Crippen molar-refractivity contribution in [3.8, 4) is 0 Å². The molecule has 108 valence electrons. The van der Waals surface area contributed by atoms with Crippen molar-refractivity contribution in [3.63, 3.8) is 0 Å². The molecule has 0 aromatic carbocycles. The summed E-state index contributed by atoms with van der Waals surface area (Å²) in [6.45, 7) is 2.36. The summed E-state index contributed by atoms with van der Waals surface area (Å²) >= 11 is 5.74. The van der Waals surface area contributed by atoms with Crippen molar-refractivity contribution in [1.82, 2.24) is 9.88 Å². The van der Waals surface area contributed by atoms with E-state index in [4.69, 9.17) is 17.3 Å². The Morgan fingerprint density at radius 3 is 2.95 bits per heavy atom. The van der Waals surface area contributed by atoms with Crippen molar-refractivity contribution < 1.29 is 9.72 Å². The van der Waals surface area contributed by atoms with E-state index in [9.17, 15) is 14.9 Å². The number of carbonyl (C=O) groups excluding carboxylic acids is 1. The minimum absolute atomic E-state index is 0.0303. The molecule has 1 amide bonds. The molecule has 0 spiro atoms. The van der Waals surface area contributed by atoms with Crippen LogP contribution in [-0.4, -0.2) is 39.3 Å². The maximum atomic E-state index is 12.5. The van der Waals surface area contributed by atoms with Gasteiger partial charge in [-0.25, -0.2) is 4.98 Å². The molecule has 1 aliphatic rings. The van der Waals surface area contributed by atoms with E-state index in [-0.39, 0.29) is 28.5 Å². The highest BCUT2D eigenvalue weighted by atomic mass is 35.5. The highest BCUT2D eigenvalue weighted by Crippen LogP contribution is 2.25. The SMILES string of the molecule is CC1CC(N)CCN1C(=O)c1cc(Cl)ncc1[N+](=O)[O-]. The van der Waals surface area contributed by atoms with Gasteiger partial charge in [0, 0.05) is 18.6 Å². The number of aromatic nitrogens is 1. The van der Waals surface area contributed by atoms with Gasteiger partial charge in [-0.15, -0.1) is 0 Å². The quantitative estimate of drug-likeness (QED) is 0.507. The zero-order valence-corrected chi connectivity index (χ0v) is 11.7. The normalized spacial score (nSPS) is 22.6. The molecule has 1 aromatic rings. The first kappa shape index (κ1) is 14.7. The molecular formula is C12H15ClN4O3. The van der Waals surface area contributed by atoms with Crippen molar-refractivity contribution >= 4 is 23.2 Å². The van der Waals surface area contributed by atoms with E-state index in [0.717, 1.165) is 6.20 Å². The van der Waals surface area contributed by atoms with Gasteiger partial charge in [-0.2, -0.15) is 0 Å². The van der Waals surface area contributed by atoms with Crippen LogP contribution in [0.2, 0.25) is 5.15 Å². The molecule has 1 saturated heterocycles. The third-order valence-electron chi connectivity index (χ3n) is 3.45. The molecule has 2 N–H and O–H groups in total. The molecule has 0 aliphatic carbocycles. The van der Waals surface area contributed by atoms with Crippen molar-refractivity contribution in [2.45, 2.75) is 31.8 Å². The van der Waals surface area contributed by atoms with Gasteiger partial charge in [0.05, 0.1) is 4.92 Å². The monoisotopic (exact) mass is 298 g/mol. The van der Waals surface area contributed by atoms with Crippen molar-refractivity contribution in [1.29, 1.82) is 0 Å². The van der Waals surface area contributed by atoms with Crippen LogP contribution < -0.4 is 5.73 Å². The Labute approximate surface area is 120 Å². The summed E-state index contributed by atoms with van der Waals surface area (Å²) in [5, 5.41) is 11.0. The van der Waals surface area contributed by atoms with Crippen LogP contribution in [0.5, 0.6) is 0 Å². The van der Waals surface area contributed by atoms with Gasteiger partial charge in [0.25, 0.3) is 11.6 Å². The fraction of sp³-hybridized carbons (Fsp3) is 0.500. The van der Waals surface area contributed by atoms with Gasteiger partial charge in [-0.05, 0) is 25.8 Å². The van der Waals surface area contributed by atoms with Crippen molar-refractivity contribution in [2.75, 3.05) is 6.54 Å². The lowest BCUT2D eigenvalue weighted by atomic mass is 9.98. The summed E-state index contributed by atoms with van der Waals surface area (Å²) in [4.78, 5) is 28.1. The van der Waals surface area contributed by atoms with E-state index in [2.05, 4.69) is 4.98 Å². The molecule has 7 nitrogen and oxygen atoms in total. The van der Waals surface area contributed by atoms with Crippen molar-refractivity contribution in [3.05, 3.63) is 33.1 Å². The highest BCUT2D eigenvalue weighted by molar-refractivity contribution is 6.29. The smallest absolute Gasteiger partial charge is 0.300 e. The van der Waals surface area contributed by atoms with E-state index >= 15 is 0 Å². The number of nitro groups is 1. The average Bonchev–Trinajstić information content (AvgIpc) is 2.37. The van der Waals surface area contributed by atoms with Gasteiger partial charge in [0.15, 0.2) is 0 Å². The predicted octanol–water partition coefficient (Wildman–Crippen LogP) is 1.59. The van der Waals surface area contributed by atoms with Gasteiger partial charge < -0.3 is 10.6 Å². The van der Waals surface area contributed by atoms with Crippen LogP contribution in [0.3, 0.4) is 0 Å². The van der Waals surface area contributed by atoms with Crippen LogP contribution in [0.25, 0.3) is 0 Å². The Morgan fingerprint density at radius 2 is 2.35 bits per heavy atom. The maximum Gasteiger partial charge on any atom is 0.300 e. The molecule has 1 aromatic heterocycles. The molecule has 2 heterocycles. The number of piperidine rings is 1. The van der Waals surface area contributed by atoms with Gasteiger partial charge in [-0.3, -0.25) is 14.9 Å². The topological polar surface area (TPSA) is 102 Å². The number of nitrogens with two attached hydrogens (primary N) is 1. The van der Waals surface area contributed by atoms with Crippen LogP contribution in [0.15, 0.2) is 12.3 Å². The number of halogens is 1. The number of pyridine rings is 1. The lowest BCUT2D eigenvalue weighted by Crippen LogP contribution is -2.48. The zero-order chi connectivity index (χ0) is 14.9. The van der Waals surface area contributed by atoms with Crippen LogP contribution in [0.4, 0.5) is 5.69 Å². The maximum absolute atomic E-state index is 12.5. The number of likely N-dealkylation sites (tertiary alicyclic amines) is 1. The molecule has 8 heteroatoms. The zero-order valence-electron chi connectivity index (χ0n) is 11.0. The van der Waals surface area contributed by atoms with E-state index in [1.165, 1.54) is 6.07 Å². The first-order valence-electron chi connectivity index (χ1n) is 6.26. The van der Waals surface area contributed by atoms with Crippen LogP contribution in [-0.2, 0) is 0 Å². The third kappa shape index (κ3) is 2.88. The van der Waals surface area contributed by atoms with Gasteiger partial charge in [-0.1, -0.05) is 11.6 Å². The number of hydrogen-bond donors (Lipinski definition) is 1. The fourth-order valence-corrected chi connectivity index (χ4v) is 2.56. The summed E-state index contributed by atoms with van der Waals surface area (Å²) in [6.07, 6.45) is 2.37. The first-order chi connectivity index (χ1) is 9.40.